The maximum Gasteiger partial charge on any atom is 0.236 e. The van der Waals surface area contributed by atoms with Gasteiger partial charge in [0.1, 0.15) is 5.82 Å². The summed E-state index contributed by atoms with van der Waals surface area (Å²) in [7, 11) is -3.40. The van der Waals surface area contributed by atoms with Crippen molar-refractivity contribution in [3.05, 3.63) is 34.3 Å². The topological polar surface area (TPSA) is 53.5 Å². The summed E-state index contributed by atoms with van der Waals surface area (Å²) in [6.07, 6.45) is 7.40. The van der Waals surface area contributed by atoms with Crippen LogP contribution in [0.3, 0.4) is 0 Å². The molecule has 5 nitrogen and oxygen atoms in total. The first-order valence-corrected chi connectivity index (χ1v) is 10.8. The molecule has 1 aromatic heterocycles. The van der Waals surface area contributed by atoms with Crippen LogP contribution in [-0.2, 0) is 10.0 Å². The number of unbranched alkanes of at least 4 members (excludes halogenated alkanes) is 3. The van der Waals surface area contributed by atoms with E-state index in [9.17, 15) is 8.42 Å². The van der Waals surface area contributed by atoms with Gasteiger partial charge >= 0.3 is 0 Å². The molecule has 0 unspecified atom stereocenters. The van der Waals surface area contributed by atoms with Crippen molar-refractivity contribution in [2.45, 2.75) is 32.6 Å². The molecule has 2 heterocycles. The van der Waals surface area contributed by atoms with Gasteiger partial charge in [0.05, 0.1) is 5.41 Å². The zero-order valence-electron chi connectivity index (χ0n) is 14.5. The molecule has 1 aromatic rings. The predicted molar refractivity (Wildman–Crippen MR) is 106 cm³/mol. The molecule has 0 aliphatic carbocycles. The summed E-state index contributed by atoms with van der Waals surface area (Å²) in [4.78, 5) is 6.45. The second kappa shape index (κ2) is 9.95. The lowest BCUT2D eigenvalue weighted by atomic mass is 10.2. The SMILES string of the molecule is CCCCCC#CC=CS(=O)(=O)N1CCN(c2ccc(Br)cn2)CC1. The minimum Gasteiger partial charge on any atom is -0.354 e. The largest absolute Gasteiger partial charge is 0.354 e. The highest BCUT2D eigenvalue weighted by Gasteiger charge is 2.25. The molecule has 136 valence electrons. The minimum atomic E-state index is -3.40. The molecular formula is C18H24BrN3O2S. The number of piperazine rings is 1. The number of hydrogen-bond acceptors (Lipinski definition) is 4. The third-order valence-corrected chi connectivity index (χ3v) is 6.00. The first-order valence-electron chi connectivity index (χ1n) is 8.54. The van der Waals surface area contributed by atoms with E-state index >= 15 is 0 Å². The van der Waals surface area contributed by atoms with Crippen LogP contribution < -0.4 is 4.90 Å². The summed E-state index contributed by atoms with van der Waals surface area (Å²) in [5.74, 6) is 6.68. The predicted octanol–water partition coefficient (Wildman–Crippen LogP) is 3.39. The van der Waals surface area contributed by atoms with E-state index in [1.54, 1.807) is 6.20 Å². The lowest BCUT2D eigenvalue weighted by Gasteiger charge is -2.34. The number of sulfonamides is 1. The molecule has 0 radical (unpaired) electrons. The van der Waals surface area contributed by atoms with Gasteiger partial charge in [0.15, 0.2) is 0 Å². The molecule has 25 heavy (non-hydrogen) atoms. The van der Waals surface area contributed by atoms with Crippen LogP contribution in [0, 0.1) is 11.8 Å². The third-order valence-electron chi connectivity index (χ3n) is 3.97. The highest BCUT2D eigenvalue weighted by atomic mass is 79.9. The quantitative estimate of drug-likeness (QED) is 0.517. The maximum absolute atomic E-state index is 12.3. The van der Waals surface area contributed by atoms with Gasteiger partial charge in [-0.3, -0.25) is 0 Å². The number of pyridine rings is 1. The molecule has 7 heteroatoms. The van der Waals surface area contributed by atoms with E-state index in [-0.39, 0.29) is 0 Å². The van der Waals surface area contributed by atoms with Gasteiger partial charge in [0.25, 0.3) is 0 Å². The van der Waals surface area contributed by atoms with Crippen molar-refractivity contribution in [3.8, 4) is 11.8 Å². The molecule has 1 saturated heterocycles. The first kappa shape index (κ1) is 20.0. The number of nitrogens with zero attached hydrogens (tertiary/aromatic N) is 3. The Bertz CT molecular complexity index is 728. The van der Waals surface area contributed by atoms with Gasteiger partial charge in [-0.05, 0) is 34.5 Å². The molecule has 2 rings (SSSR count). The van der Waals surface area contributed by atoms with Crippen LogP contribution >= 0.6 is 15.9 Å². The van der Waals surface area contributed by atoms with Gasteiger partial charge in [-0.25, -0.2) is 13.4 Å². The zero-order chi connectivity index (χ0) is 18.1. The van der Waals surface area contributed by atoms with Gasteiger partial charge in [-0.1, -0.05) is 31.6 Å². The van der Waals surface area contributed by atoms with Gasteiger partial charge in [-0.15, -0.1) is 0 Å². The maximum atomic E-state index is 12.3. The number of hydrogen-bond donors (Lipinski definition) is 0. The van der Waals surface area contributed by atoms with Crippen LogP contribution in [0.4, 0.5) is 5.82 Å². The van der Waals surface area contributed by atoms with Gasteiger partial charge in [0.2, 0.25) is 10.0 Å². The monoisotopic (exact) mass is 425 g/mol. The standard InChI is InChI=1S/C18H24BrN3O2S/c1-2-3-4-5-6-7-8-15-25(23,24)22-13-11-21(12-14-22)18-10-9-17(19)16-20-18/h8-10,15-16H,2-5,11-14H2,1H3. The van der Waals surface area contributed by atoms with Crippen LogP contribution in [0.1, 0.15) is 32.6 Å². The van der Waals surface area contributed by atoms with Gasteiger partial charge in [-0.2, -0.15) is 4.31 Å². The molecular weight excluding hydrogens is 402 g/mol. The molecule has 0 atom stereocenters. The number of aromatic nitrogens is 1. The molecule has 1 aliphatic rings. The summed E-state index contributed by atoms with van der Waals surface area (Å²) in [6.45, 7) is 4.31. The summed E-state index contributed by atoms with van der Waals surface area (Å²) in [5, 5.41) is 1.22. The molecule has 0 N–H and O–H groups in total. The Hall–Kier alpha value is -1.36. The molecule has 0 bridgehead atoms. The molecule has 1 aliphatic heterocycles. The van der Waals surface area contributed by atoms with Crippen LogP contribution in [-0.4, -0.2) is 43.9 Å². The fourth-order valence-electron chi connectivity index (χ4n) is 2.53. The van der Waals surface area contributed by atoms with Crippen molar-refractivity contribution in [1.29, 1.82) is 0 Å². The van der Waals surface area contributed by atoms with E-state index in [0.29, 0.717) is 26.2 Å². The lowest BCUT2D eigenvalue weighted by Crippen LogP contribution is -2.48. The second-order valence-corrected chi connectivity index (χ2v) is 8.58. The minimum absolute atomic E-state index is 0.453. The summed E-state index contributed by atoms with van der Waals surface area (Å²) >= 11 is 3.37. The normalized spacial score (nSPS) is 16.0. The number of rotatable bonds is 6. The third kappa shape index (κ3) is 6.46. The van der Waals surface area contributed by atoms with Crippen molar-refractivity contribution in [3.63, 3.8) is 0 Å². The van der Waals surface area contributed by atoms with Crippen molar-refractivity contribution in [2.75, 3.05) is 31.1 Å². The summed E-state index contributed by atoms with van der Waals surface area (Å²) < 4.78 is 27.1. The molecule has 0 spiro atoms. The zero-order valence-corrected chi connectivity index (χ0v) is 16.9. The number of anilines is 1. The van der Waals surface area contributed by atoms with Crippen LogP contribution in [0.25, 0.3) is 0 Å². The average Bonchev–Trinajstić information content (AvgIpc) is 2.62. The molecule has 0 amide bonds. The Morgan fingerprint density at radius 2 is 2.00 bits per heavy atom. The molecule has 0 saturated carbocycles. The summed E-state index contributed by atoms with van der Waals surface area (Å²) in [5.41, 5.74) is 0. The van der Waals surface area contributed by atoms with E-state index < -0.39 is 10.0 Å². The fourth-order valence-corrected chi connectivity index (χ4v) is 3.85. The lowest BCUT2D eigenvalue weighted by molar-refractivity contribution is 0.389. The van der Waals surface area contributed by atoms with Crippen LogP contribution in [0.15, 0.2) is 34.3 Å². The highest BCUT2D eigenvalue weighted by molar-refractivity contribution is 9.10. The van der Waals surface area contributed by atoms with Gasteiger partial charge < -0.3 is 4.90 Å². The van der Waals surface area contributed by atoms with E-state index in [1.807, 2.05) is 12.1 Å². The highest BCUT2D eigenvalue weighted by Crippen LogP contribution is 2.18. The van der Waals surface area contributed by atoms with E-state index in [1.165, 1.54) is 15.8 Å². The van der Waals surface area contributed by atoms with E-state index in [0.717, 1.165) is 36.0 Å². The molecule has 0 aromatic carbocycles. The van der Waals surface area contributed by atoms with Crippen LogP contribution in [0.5, 0.6) is 0 Å². The van der Waals surface area contributed by atoms with Crippen molar-refractivity contribution < 1.29 is 8.42 Å². The Morgan fingerprint density at radius 3 is 2.64 bits per heavy atom. The Balaban J connectivity index is 1.85. The van der Waals surface area contributed by atoms with Crippen molar-refractivity contribution in [2.24, 2.45) is 0 Å². The smallest absolute Gasteiger partial charge is 0.236 e. The first-order chi connectivity index (χ1) is 12.0. The van der Waals surface area contributed by atoms with Crippen LogP contribution in [0.2, 0.25) is 0 Å². The van der Waals surface area contributed by atoms with Crippen molar-refractivity contribution in [1.82, 2.24) is 9.29 Å². The van der Waals surface area contributed by atoms with E-state index in [4.69, 9.17) is 0 Å². The Morgan fingerprint density at radius 1 is 1.24 bits per heavy atom. The number of allylic oxidation sites excluding steroid dienone is 1. The Labute approximate surface area is 159 Å². The second-order valence-electron chi connectivity index (χ2n) is 5.85. The summed E-state index contributed by atoms with van der Waals surface area (Å²) in [6, 6.07) is 3.87. The Kier molecular flexibility index (Phi) is 7.94. The van der Waals surface area contributed by atoms with Crippen molar-refractivity contribution >= 4 is 31.8 Å². The molecule has 1 fully saturated rings. The van der Waals surface area contributed by atoms with Gasteiger partial charge in [0, 0.05) is 49.3 Å². The fraction of sp³-hybridized carbons (Fsp3) is 0.500. The number of halogens is 1. The average molecular weight is 426 g/mol. The van der Waals surface area contributed by atoms with E-state index in [2.05, 4.69) is 44.6 Å².